The fourth-order valence-electron chi connectivity index (χ4n) is 4.94. The monoisotopic (exact) mass is 701 g/mol. The third-order valence-electron chi connectivity index (χ3n) is 7.10. The number of carbonyl (C=O) groups excluding carboxylic acids is 2. The molecule has 1 aromatic heterocycles. The van der Waals surface area contributed by atoms with Crippen molar-refractivity contribution in [1.29, 1.82) is 0 Å². The van der Waals surface area contributed by atoms with Crippen LogP contribution < -0.4 is 9.64 Å². The number of carbonyl (C=O) groups is 2. The van der Waals surface area contributed by atoms with Crippen LogP contribution in [0.4, 0.5) is 9.52 Å². The van der Waals surface area contributed by atoms with Crippen molar-refractivity contribution in [1.82, 2.24) is 10.2 Å². The van der Waals surface area contributed by atoms with Gasteiger partial charge in [-0.15, -0.1) is 10.2 Å². The molecule has 1 saturated heterocycles. The second kappa shape index (κ2) is 13.4. The number of Topliss-reactive ketones (excluding diaryl/α,β-unsaturated/α-hetero) is 1. The summed E-state index contributed by atoms with van der Waals surface area (Å²) in [6, 6.07) is 27.2. The molecule has 1 amide bonds. The second-order valence-corrected chi connectivity index (χ2v) is 13.4. The average Bonchev–Trinajstić information content (AvgIpc) is 3.61. The molecule has 4 aromatic carbocycles. The number of aliphatic hydroxyl groups is 1. The Bertz CT molecular complexity index is 1910. The SMILES string of the molecule is Cc1cccc(COc2ccc(/C(O)=C3\C(=O)C(=O)N(c4nnc(SCc5ccc(F)cc5)s4)C3c3cccc(Br)c3)cc2)c1. The molecule has 0 radical (unpaired) electrons. The van der Waals surface area contributed by atoms with E-state index in [9.17, 15) is 19.1 Å². The van der Waals surface area contributed by atoms with Gasteiger partial charge in [-0.2, -0.15) is 0 Å². The van der Waals surface area contributed by atoms with Gasteiger partial charge in [-0.05, 0) is 72.1 Å². The van der Waals surface area contributed by atoms with Gasteiger partial charge in [0, 0.05) is 15.8 Å². The van der Waals surface area contributed by atoms with Gasteiger partial charge in [-0.1, -0.05) is 93.1 Å². The van der Waals surface area contributed by atoms with Crippen LogP contribution in [0.5, 0.6) is 5.75 Å². The molecule has 0 bridgehead atoms. The molecule has 5 aromatic rings. The second-order valence-electron chi connectivity index (χ2n) is 10.3. The van der Waals surface area contributed by atoms with Crippen LogP contribution in [0, 0.1) is 12.7 Å². The maximum absolute atomic E-state index is 13.5. The number of amides is 1. The van der Waals surface area contributed by atoms with E-state index < -0.39 is 17.7 Å². The number of thioether (sulfide) groups is 1. The van der Waals surface area contributed by atoms with Crippen LogP contribution in [0.1, 0.15) is 33.9 Å². The van der Waals surface area contributed by atoms with E-state index in [1.165, 1.54) is 28.8 Å². The highest BCUT2D eigenvalue weighted by Crippen LogP contribution is 2.44. The molecule has 1 fully saturated rings. The van der Waals surface area contributed by atoms with E-state index in [1.54, 1.807) is 54.6 Å². The molecule has 7 nitrogen and oxygen atoms in total. The quantitative estimate of drug-likeness (QED) is 0.0544. The Morgan fingerprint density at radius 1 is 0.978 bits per heavy atom. The van der Waals surface area contributed by atoms with Crippen LogP contribution in [0.2, 0.25) is 0 Å². The number of benzene rings is 4. The molecular weight excluding hydrogens is 677 g/mol. The Hall–Kier alpha value is -4.32. The highest BCUT2D eigenvalue weighted by molar-refractivity contribution is 9.10. The number of ketones is 1. The maximum Gasteiger partial charge on any atom is 0.301 e. The van der Waals surface area contributed by atoms with Crippen molar-refractivity contribution in [2.75, 3.05) is 4.90 Å². The minimum Gasteiger partial charge on any atom is -0.507 e. The Morgan fingerprint density at radius 3 is 2.47 bits per heavy atom. The van der Waals surface area contributed by atoms with Gasteiger partial charge < -0.3 is 9.84 Å². The largest absolute Gasteiger partial charge is 0.507 e. The van der Waals surface area contributed by atoms with Crippen molar-refractivity contribution >= 4 is 61.6 Å². The van der Waals surface area contributed by atoms with Crippen molar-refractivity contribution in [2.24, 2.45) is 0 Å². The molecule has 0 aliphatic carbocycles. The zero-order valence-corrected chi connectivity index (χ0v) is 27.0. The predicted molar refractivity (Wildman–Crippen MR) is 177 cm³/mol. The van der Waals surface area contributed by atoms with Crippen LogP contribution in [0.3, 0.4) is 0 Å². The van der Waals surface area contributed by atoms with Gasteiger partial charge in [-0.25, -0.2) is 4.39 Å². The van der Waals surface area contributed by atoms with E-state index in [0.29, 0.717) is 33.6 Å². The van der Waals surface area contributed by atoms with Crippen LogP contribution >= 0.6 is 39.0 Å². The molecule has 1 aliphatic heterocycles. The number of anilines is 1. The van der Waals surface area contributed by atoms with E-state index in [4.69, 9.17) is 4.74 Å². The average molecular weight is 703 g/mol. The molecule has 0 spiro atoms. The summed E-state index contributed by atoms with van der Waals surface area (Å²) in [6.07, 6.45) is 0. The molecule has 0 saturated carbocycles. The number of hydrogen-bond acceptors (Lipinski definition) is 8. The molecular formula is C34H25BrFN3O4S2. The normalized spacial score (nSPS) is 15.9. The summed E-state index contributed by atoms with van der Waals surface area (Å²) in [5.74, 6) is -1.14. The molecule has 1 unspecified atom stereocenters. The highest BCUT2D eigenvalue weighted by atomic mass is 79.9. The fourth-order valence-corrected chi connectivity index (χ4v) is 7.18. The van der Waals surface area contributed by atoms with E-state index in [-0.39, 0.29) is 22.3 Å². The van der Waals surface area contributed by atoms with Gasteiger partial charge in [0.2, 0.25) is 5.13 Å². The number of aryl methyl sites for hydroxylation is 1. The van der Waals surface area contributed by atoms with Crippen molar-refractivity contribution in [3.63, 3.8) is 0 Å². The third-order valence-corrected chi connectivity index (χ3v) is 9.72. The summed E-state index contributed by atoms with van der Waals surface area (Å²) >= 11 is 6.03. The highest BCUT2D eigenvalue weighted by Gasteiger charge is 2.48. The zero-order chi connectivity index (χ0) is 31.5. The summed E-state index contributed by atoms with van der Waals surface area (Å²) in [4.78, 5) is 28.4. The lowest BCUT2D eigenvalue weighted by Crippen LogP contribution is -2.29. The fraction of sp³-hybridized carbons (Fsp3) is 0.118. The minimum absolute atomic E-state index is 0.0535. The maximum atomic E-state index is 13.5. The van der Waals surface area contributed by atoms with Crippen LogP contribution in [0.15, 0.2) is 111 Å². The summed E-state index contributed by atoms with van der Waals surface area (Å²) in [6.45, 7) is 2.40. The van der Waals surface area contributed by atoms with Crippen LogP contribution in [-0.2, 0) is 21.9 Å². The summed E-state index contributed by atoms with van der Waals surface area (Å²) in [5, 5.41) is 20.2. The molecule has 1 aliphatic rings. The topological polar surface area (TPSA) is 92.6 Å². The lowest BCUT2D eigenvalue weighted by Gasteiger charge is -2.22. The van der Waals surface area contributed by atoms with Gasteiger partial charge in [-0.3, -0.25) is 14.5 Å². The number of hydrogen-bond donors (Lipinski definition) is 1. The van der Waals surface area contributed by atoms with E-state index in [1.807, 2.05) is 37.3 Å². The van der Waals surface area contributed by atoms with Crippen molar-refractivity contribution < 1.29 is 23.8 Å². The van der Waals surface area contributed by atoms with Crippen molar-refractivity contribution in [3.05, 3.63) is 141 Å². The van der Waals surface area contributed by atoms with Crippen molar-refractivity contribution in [3.8, 4) is 5.75 Å². The van der Waals surface area contributed by atoms with Gasteiger partial charge in [0.25, 0.3) is 5.78 Å². The van der Waals surface area contributed by atoms with Crippen LogP contribution in [-0.4, -0.2) is 27.0 Å². The Kier molecular flexibility index (Phi) is 9.11. The standard InChI is InChI=1S/C34H25BrFN3O4S2/c1-20-4-2-5-22(16-20)18-43-27-14-10-23(11-15-27)30(40)28-29(24-6-3-7-25(35)17-24)39(32(42)31(28)41)33-37-38-34(45-33)44-19-21-8-12-26(36)13-9-21/h2-17,29,40H,18-19H2,1H3/b30-28+. The van der Waals surface area contributed by atoms with E-state index in [2.05, 4.69) is 26.1 Å². The Balaban J connectivity index is 1.29. The number of rotatable bonds is 9. The molecule has 11 heteroatoms. The summed E-state index contributed by atoms with van der Waals surface area (Å²) in [7, 11) is 0. The van der Waals surface area contributed by atoms with Crippen LogP contribution in [0.25, 0.3) is 5.76 Å². The lowest BCUT2D eigenvalue weighted by molar-refractivity contribution is -0.132. The molecule has 6 rings (SSSR count). The number of halogens is 2. The first-order chi connectivity index (χ1) is 21.8. The predicted octanol–water partition coefficient (Wildman–Crippen LogP) is 8.25. The summed E-state index contributed by atoms with van der Waals surface area (Å²) < 4.78 is 20.5. The Labute approximate surface area is 275 Å². The van der Waals surface area contributed by atoms with Crippen molar-refractivity contribution in [2.45, 2.75) is 29.7 Å². The number of nitrogens with zero attached hydrogens (tertiary/aromatic N) is 3. The minimum atomic E-state index is -0.942. The van der Waals surface area contributed by atoms with Gasteiger partial charge >= 0.3 is 5.91 Å². The first-order valence-electron chi connectivity index (χ1n) is 13.8. The molecule has 2 heterocycles. The first kappa shape index (κ1) is 30.7. The zero-order valence-electron chi connectivity index (χ0n) is 23.8. The Morgan fingerprint density at radius 2 is 1.73 bits per heavy atom. The van der Waals surface area contributed by atoms with Gasteiger partial charge in [0.05, 0.1) is 11.6 Å². The third kappa shape index (κ3) is 6.85. The van der Waals surface area contributed by atoms with E-state index in [0.717, 1.165) is 32.5 Å². The molecule has 45 heavy (non-hydrogen) atoms. The number of ether oxygens (including phenoxy) is 1. The van der Waals surface area contributed by atoms with E-state index >= 15 is 0 Å². The lowest BCUT2D eigenvalue weighted by atomic mass is 9.95. The molecule has 1 atom stereocenters. The number of aromatic nitrogens is 2. The molecule has 1 N–H and O–H groups in total. The van der Waals surface area contributed by atoms with Gasteiger partial charge in [0.1, 0.15) is 23.9 Å². The number of aliphatic hydroxyl groups excluding tert-OH is 1. The summed E-state index contributed by atoms with van der Waals surface area (Å²) in [5.41, 5.74) is 4.00. The molecule has 226 valence electrons. The smallest absolute Gasteiger partial charge is 0.301 e. The van der Waals surface area contributed by atoms with Gasteiger partial charge in [0.15, 0.2) is 4.34 Å². The first-order valence-corrected chi connectivity index (χ1v) is 16.4.